The maximum Gasteiger partial charge on any atom is 0.329 e. The number of benzene rings is 4. The summed E-state index contributed by atoms with van der Waals surface area (Å²) in [6.07, 6.45) is 6.08. The number of nitrogens with one attached hydrogen (secondary N) is 2. The number of aryl methyl sites for hydroxylation is 1. The average molecular weight is 941 g/mol. The van der Waals surface area contributed by atoms with Crippen LogP contribution in [0, 0.1) is 35.3 Å². The van der Waals surface area contributed by atoms with Gasteiger partial charge >= 0.3 is 5.69 Å². The van der Waals surface area contributed by atoms with E-state index < -0.39 is 23.5 Å². The van der Waals surface area contributed by atoms with Crippen molar-refractivity contribution in [1.82, 2.24) is 34.5 Å². The van der Waals surface area contributed by atoms with Crippen LogP contribution >= 0.6 is 0 Å². The maximum atomic E-state index is 15.7. The van der Waals surface area contributed by atoms with E-state index in [1.54, 1.807) is 19.2 Å². The number of aromatic nitrogens is 2. The fourth-order valence-electron chi connectivity index (χ4n) is 10.8. The van der Waals surface area contributed by atoms with E-state index in [4.69, 9.17) is 0 Å². The second kappa shape index (κ2) is 21.1. The highest BCUT2D eigenvalue weighted by Crippen LogP contribution is 2.34. The first-order valence-corrected chi connectivity index (χ1v) is 24.7. The normalized spacial score (nSPS) is 19.4. The molecule has 15 heteroatoms. The third kappa shape index (κ3) is 10.6. The molecule has 4 saturated heterocycles. The molecule has 4 aliphatic rings. The molecule has 69 heavy (non-hydrogen) atoms. The molecule has 9 rings (SSSR count). The van der Waals surface area contributed by atoms with Crippen molar-refractivity contribution in [2.24, 2.45) is 18.9 Å². The molecule has 4 aromatic carbocycles. The van der Waals surface area contributed by atoms with Crippen LogP contribution in [0.5, 0.6) is 0 Å². The van der Waals surface area contributed by atoms with Gasteiger partial charge in [0.25, 0.3) is 0 Å². The number of carbonyl (C=O) groups excluding carboxylic acids is 4. The summed E-state index contributed by atoms with van der Waals surface area (Å²) in [5.74, 6) is 5.83. The van der Waals surface area contributed by atoms with Gasteiger partial charge in [-0.25, -0.2) is 13.6 Å². The monoisotopic (exact) mass is 940 g/mol. The number of imidazole rings is 1. The molecular weight excluding hydrogens is 879 g/mol. The minimum atomic E-state index is -0.889. The van der Waals surface area contributed by atoms with E-state index in [-0.39, 0.29) is 48.3 Å². The molecule has 0 spiro atoms. The zero-order valence-corrected chi connectivity index (χ0v) is 39.7. The maximum absolute atomic E-state index is 15.7. The van der Waals surface area contributed by atoms with Crippen molar-refractivity contribution >= 4 is 51.1 Å². The van der Waals surface area contributed by atoms with Gasteiger partial charge in [-0.15, -0.1) is 0 Å². The van der Waals surface area contributed by atoms with Gasteiger partial charge in [-0.2, -0.15) is 0 Å². The third-order valence-electron chi connectivity index (χ3n) is 15.0. The number of hydrogen-bond donors (Lipinski definition) is 2. The van der Waals surface area contributed by atoms with E-state index in [1.165, 1.54) is 38.3 Å². The largest absolute Gasteiger partial charge is 0.366 e. The minimum Gasteiger partial charge on any atom is -0.366 e. The summed E-state index contributed by atoms with van der Waals surface area (Å²) in [7, 11) is 1.59. The van der Waals surface area contributed by atoms with Crippen LogP contribution in [0.1, 0.15) is 93.5 Å². The van der Waals surface area contributed by atoms with Crippen LogP contribution in [0.2, 0.25) is 0 Å². The van der Waals surface area contributed by atoms with Crippen molar-refractivity contribution in [3.05, 3.63) is 112 Å². The Balaban J connectivity index is 0.701. The molecule has 0 saturated carbocycles. The number of unbranched alkanes of at least 4 members (excludes halogenated alkanes) is 1. The molecule has 4 aliphatic heterocycles. The lowest BCUT2D eigenvalue weighted by Gasteiger charge is -2.36. The number of carbonyl (C=O) groups is 4. The van der Waals surface area contributed by atoms with Crippen molar-refractivity contribution in [3.63, 3.8) is 0 Å². The summed E-state index contributed by atoms with van der Waals surface area (Å²) >= 11 is 0. The zero-order valence-electron chi connectivity index (χ0n) is 39.7. The quantitative estimate of drug-likeness (QED) is 0.0833. The van der Waals surface area contributed by atoms with Crippen molar-refractivity contribution in [1.29, 1.82) is 0 Å². The highest BCUT2D eigenvalue weighted by Gasteiger charge is 2.33. The fraction of sp³-hybridized carbons (Fsp3) is 0.463. The van der Waals surface area contributed by atoms with Crippen LogP contribution in [0.15, 0.2) is 77.6 Å². The summed E-state index contributed by atoms with van der Waals surface area (Å²) in [5, 5.41) is 7.66. The lowest BCUT2D eigenvalue weighted by Crippen LogP contribution is -2.49. The van der Waals surface area contributed by atoms with Gasteiger partial charge in [-0.3, -0.25) is 38.5 Å². The molecule has 13 nitrogen and oxygen atoms in total. The van der Waals surface area contributed by atoms with E-state index in [9.17, 15) is 28.4 Å². The smallest absolute Gasteiger partial charge is 0.329 e. The first-order valence-electron chi connectivity index (χ1n) is 24.7. The summed E-state index contributed by atoms with van der Waals surface area (Å²) in [5.41, 5.74) is 3.78. The number of likely N-dealkylation sites (tertiary alicyclic amines) is 2. The summed E-state index contributed by atoms with van der Waals surface area (Å²) < 4.78 is 32.0. The van der Waals surface area contributed by atoms with Crippen LogP contribution in [-0.4, -0.2) is 106 Å². The lowest BCUT2D eigenvalue weighted by molar-refractivity contribution is -0.136. The standard InChI is InChI=1S/C54H62F2N8O5/c1-36(61-26-21-40(22-27-61)52(67)57-35-38-8-7-9-41(55)32-38)42-16-15-39(43-10-3-4-11-44(42)43)14-13-37-19-24-60(25-20-37)23-6-5-12-51(66)63-30-28-62(29-31-63)47-34-48-49(33-45(47)56)64(54(69)59(48)2)46-17-18-50(65)58-53(46)68/h3-4,7-11,15-16,32-34,36-37,40,46H,5-6,12,17-31,35H2,1-2H3,(H,57,67)(H,58,65,68). The topological polar surface area (TPSA) is 132 Å². The van der Waals surface area contributed by atoms with Crippen LogP contribution in [0.4, 0.5) is 14.5 Å². The number of piperazine rings is 1. The summed E-state index contributed by atoms with van der Waals surface area (Å²) in [4.78, 5) is 72.4. The van der Waals surface area contributed by atoms with E-state index in [2.05, 4.69) is 75.6 Å². The van der Waals surface area contributed by atoms with E-state index in [0.29, 0.717) is 61.8 Å². The lowest BCUT2D eigenvalue weighted by atomic mass is 9.91. The minimum absolute atomic E-state index is 0.0361. The third-order valence-corrected chi connectivity index (χ3v) is 15.0. The van der Waals surface area contributed by atoms with Gasteiger partial charge in [-0.05, 0) is 131 Å². The molecule has 5 aromatic rings. The molecule has 0 bridgehead atoms. The number of hydrogen-bond acceptors (Lipinski definition) is 8. The van der Waals surface area contributed by atoms with Gasteiger partial charge in [0.05, 0.1) is 16.7 Å². The first-order chi connectivity index (χ1) is 33.4. The number of halogens is 2. The number of nitrogens with zero attached hydrogens (tertiary/aromatic N) is 6. The van der Waals surface area contributed by atoms with Gasteiger partial charge in [0.2, 0.25) is 23.6 Å². The highest BCUT2D eigenvalue weighted by molar-refractivity contribution is 6.00. The zero-order chi connectivity index (χ0) is 48.2. The van der Waals surface area contributed by atoms with Crippen molar-refractivity contribution in [2.75, 3.05) is 63.8 Å². The first kappa shape index (κ1) is 47.7. The molecule has 1 aromatic heterocycles. The van der Waals surface area contributed by atoms with Crippen molar-refractivity contribution < 1.29 is 28.0 Å². The molecule has 362 valence electrons. The number of imide groups is 1. The summed E-state index contributed by atoms with van der Waals surface area (Å²) in [6.45, 7) is 9.02. The fourth-order valence-corrected chi connectivity index (χ4v) is 10.8. The van der Waals surface area contributed by atoms with Gasteiger partial charge < -0.3 is 20.0 Å². The Morgan fingerprint density at radius 3 is 2.30 bits per heavy atom. The molecule has 2 atom stereocenters. The Hall–Kier alpha value is -6.37. The van der Waals surface area contributed by atoms with Crippen LogP contribution in [0.3, 0.4) is 0 Å². The number of amides is 4. The predicted molar refractivity (Wildman–Crippen MR) is 262 cm³/mol. The molecule has 0 aliphatic carbocycles. The van der Waals surface area contributed by atoms with Crippen LogP contribution < -0.4 is 21.2 Å². The Bertz CT molecular complexity index is 2860. The second-order valence-electron chi connectivity index (χ2n) is 19.3. The molecule has 0 radical (unpaired) electrons. The average Bonchev–Trinajstić information content (AvgIpc) is 3.60. The van der Waals surface area contributed by atoms with Gasteiger partial charge in [0.15, 0.2) is 0 Å². The SMILES string of the molecule is CC(c1ccc(C#CC2CCN(CCCCC(=O)N3CCN(c4cc5c(cc4F)n(C4CCC(=O)NC4=O)c(=O)n5C)CC3)CC2)c2ccccc12)N1CCC(C(=O)NCc2cccc(F)c2)CC1. The van der Waals surface area contributed by atoms with Crippen LogP contribution in [0.25, 0.3) is 21.8 Å². The molecule has 2 unspecified atom stereocenters. The van der Waals surface area contributed by atoms with Crippen molar-refractivity contribution in [2.45, 2.75) is 83.3 Å². The summed E-state index contributed by atoms with van der Waals surface area (Å²) in [6, 6.07) is 21.5. The Morgan fingerprint density at radius 1 is 0.812 bits per heavy atom. The van der Waals surface area contributed by atoms with E-state index >= 15 is 4.39 Å². The van der Waals surface area contributed by atoms with E-state index in [1.807, 2.05) is 15.9 Å². The molecule has 4 amide bonds. The number of piperidine rings is 3. The second-order valence-corrected chi connectivity index (χ2v) is 19.3. The van der Waals surface area contributed by atoms with Crippen molar-refractivity contribution in [3.8, 4) is 11.8 Å². The Labute approximate surface area is 401 Å². The predicted octanol–water partition coefficient (Wildman–Crippen LogP) is 6.42. The Kier molecular flexibility index (Phi) is 14.6. The highest BCUT2D eigenvalue weighted by atomic mass is 19.1. The number of fused-ring (bicyclic) bond motifs is 2. The molecule has 5 heterocycles. The molecular formula is C54H62F2N8O5. The van der Waals surface area contributed by atoms with Gasteiger partial charge in [-0.1, -0.05) is 54.3 Å². The van der Waals surface area contributed by atoms with Gasteiger partial charge in [0, 0.05) is 82.1 Å². The van der Waals surface area contributed by atoms with Gasteiger partial charge in [0.1, 0.15) is 17.7 Å². The number of anilines is 1. The number of rotatable bonds is 12. The molecule has 4 fully saturated rings. The van der Waals surface area contributed by atoms with Crippen LogP contribution in [-0.2, 0) is 32.8 Å². The Morgan fingerprint density at radius 2 is 1.57 bits per heavy atom. The van der Waals surface area contributed by atoms with E-state index in [0.717, 1.165) is 87.8 Å². The molecule has 2 N–H and O–H groups in total.